The first-order valence-electron chi connectivity index (χ1n) is 8.34. The Bertz CT molecular complexity index is 1080. The van der Waals surface area contributed by atoms with E-state index in [1.165, 1.54) is 6.21 Å². The van der Waals surface area contributed by atoms with Gasteiger partial charge in [-0.05, 0) is 58.4 Å². The van der Waals surface area contributed by atoms with Crippen LogP contribution in [0.3, 0.4) is 0 Å². The minimum atomic E-state index is -0.480. The van der Waals surface area contributed by atoms with E-state index in [9.17, 15) is 9.59 Å². The number of carbonyl (C=O) groups excluding carboxylic acids is 2. The number of hydrogen-bond donors (Lipinski definition) is 2. The summed E-state index contributed by atoms with van der Waals surface area (Å²) < 4.78 is 6.28. The van der Waals surface area contributed by atoms with E-state index in [-0.39, 0.29) is 12.5 Å². The van der Waals surface area contributed by atoms with Gasteiger partial charge in [0.05, 0.1) is 23.3 Å². The first-order valence-corrected chi connectivity index (χ1v) is 9.89. The summed E-state index contributed by atoms with van der Waals surface area (Å²) in [6.45, 7) is -0.223. The van der Waals surface area contributed by atoms with Crippen LogP contribution < -0.4 is 10.7 Å². The lowest BCUT2D eigenvalue weighted by molar-refractivity contribution is -0.120. The normalized spacial score (nSPS) is 10.9. The number of hydrogen-bond acceptors (Lipinski definition) is 4. The van der Waals surface area contributed by atoms with E-state index in [4.69, 9.17) is 27.6 Å². The monoisotopic (exact) mass is 493 g/mol. The number of carbonyl (C=O) groups is 2. The Kier molecular flexibility index (Phi) is 7.09. The van der Waals surface area contributed by atoms with Crippen molar-refractivity contribution in [2.75, 3.05) is 6.54 Å². The minimum absolute atomic E-state index is 0.223. The molecule has 0 fully saturated rings. The molecule has 0 unspecified atom stereocenters. The number of benzene rings is 2. The van der Waals surface area contributed by atoms with E-state index in [1.54, 1.807) is 54.6 Å². The summed E-state index contributed by atoms with van der Waals surface area (Å²) in [6, 6.07) is 15.4. The molecule has 29 heavy (non-hydrogen) atoms. The van der Waals surface area contributed by atoms with Crippen LogP contribution in [0.25, 0.3) is 11.3 Å². The highest BCUT2D eigenvalue weighted by Crippen LogP contribution is 2.31. The molecule has 2 N–H and O–H groups in total. The van der Waals surface area contributed by atoms with Gasteiger partial charge in [-0.25, -0.2) is 5.43 Å². The number of rotatable bonds is 6. The van der Waals surface area contributed by atoms with Crippen molar-refractivity contribution in [3.05, 3.63) is 80.4 Å². The molecule has 1 heterocycles. The van der Waals surface area contributed by atoms with Crippen molar-refractivity contribution in [3.63, 3.8) is 0 Å². The zero-order chi connectivity index (χ0) is 20.8. The zero-order valence-electron chi connectivity index (χ0n) is 14.8. The van der Waals surface area contributed by atoms with Crippen LogP contribution in [0, 0.1) is 0 Å². The Balaban J connectivity index is 1.53. The number of amides is 2. The first-order chi connectivity index (χ1) is 13.9. The Morgan fingerprint density at radius 3 is 2.69 bits per heavy atom. The lowest BCUT2D eigenvalue weighted by Crippen LogP contribution is -2.35. The number of nitrogens with one attached hydrogen (secondary N) is 2. The number of halogens is 3. The largest absolute Gasteiger partial charge is 0.455 e. The van der Waals surface area contributed by atoms with E-state index in [0.717, 1.165) is 0 Å². The van der Waals surface area contributed by atoms with Crippen LogP contribution in [0.2, 0.25) is 10.0 Å². The van der Waals surface area contributed by atoms with Gasteiger partial charge in [-0.3, -0.25) is 9.59 Å². The predicted molar refractivity (Wildman–Crippen MR) is 116 cm³/mol. The van der Waals surface area contributed by atoms with Gasteiger partial charge in [0.25, 0.3) is 11.8 Å². The molecule has 0 saturated heterocycles. The highest BCUT2D eigenvalue weighted by atomic mass is 79.9. The van der Waals surface area contributed by atoms with Crippen LogP contribution in [0.5, 0.6) is 0 Å². The Labute approximate surface area is 185 Å². The standard InChI is InChI=1S/C20H14BrCl2N3O3/c21-16-4-2-1-3-14(16)20(28)24-11-19(27)26-25-10-13-6-8-18(29-13)15-9-12(22)5-7-17(15)23/h1-10H,11H2,(H,24,28)(H,26,27). The molecule has 6 nitrogen and oxygen atoms in total. The summed E-state index contributed by atoms with van der Waals surface area (Å²) in [7, 11) is 0. The van der Waals surface area contributed by atoms with Crippen molar-refractivity contribution in [3.8, 4) is 11.3 Å². The molecule has 148 valence electrons. The fraction of sp³-hybridized carbons (Fsp3) is 0.0500. The molecule has 2 aromatic carbocycles. The molecule has 3 aromatic rings. The van der Waals surface area contributed by atoms with Gasteiger partial charge in [0.2, 0.25) is 0 Å². The molecule has 3 rings (SSSR count). The molecule has 2 amide bonds. The summed E-state index contributed by atoms with van der Waals surface area (Å²) in [5.74, 6) is 0.0802. The third-order valence-corrected chi connectivity index (χ3v) is 4.99. The van der Waals surface area contributed by atoms with Crippen LogP contribution in [-0.4, -0.2) is 24.6 Å². The third kappa shape index (κ3) is 5.69. The highest BCUT2D eigenvalue weighted by molar-refractivity contribution is 9.10. The average molecular weight is 495 g/mol. The van der Waals surface area contributed by atoms with Crippen LogP contribution >= 0.6 is 39.1 Å². The lowest BCUT2D eigenvalue weighted by atomic mass is 10.2. The summed E-state index contributed by atoms with van der Waals surface area (Å²) in [5, 5.41) is 7.38. The fourth-order valence-corrected chi connectivity index (χ4v) is 3.21. The van der Waals surface area contributed by atoms with E-state index in [1.807, 2.05) is 0 Å². The maximum Gasteiger partial charge on any atom is 0.259 e. The second kappa shape index (κ2) is 9.73. The molecule has 0 radical (unpaired) electrons. The van der Waals surface area contributed by atoms with Crippen molar-refractivity contribution in [2.45, 2.75) is 0 Å². The van der Waals surface area contributed by atoms with Gasteiger partial charge < -0.3 is 9.73 Å². The molecule has 0 saturated carbocycles. The van der Waals surface area contributed by atoms with Gasteiger partial charge in [0.15, 0.2) is 0 Å². The third-order valence-electron chi connectivity index (χ3n) is 3.73. The summed E-state index contributed by atoms with van der Waals surface area (Å²) in [6.07, 6.45) is 1.34. The Hall–Kier alpha value is -2.61. The van der Waals surface area contributed by atoms with Gasteiger partial charge >= 0.3 is 0 Å². The van der Waals surface area contributed by atoms with Crippen LogP contribution in [0.4, 0.5) is 0 Å². The number of nitrogens with zero attached hydrogens (tertiary/aromatic N) is 1. The quantitative estimate of drug-likeness (QED) is 0.377. The van der Waals surface area contributed by atoms with Gasteiger partial charge in [-0.1, -0.05) is 35.3 Å². The predicted octanol–water partition coefficient (Wildman–Crippen LogP) is 4.90. The van der Waals surface area contributed by atoms with E-state index in [2.05, 4.69) is 31.8 Å². The van der Waals surface area contributed by atoms with E-state index >= 15 is 0 Å². The van der Waals surface area contributed by atoms with Gasteiger partial charge in [-0.15, -0.1) is 0 Å². The van der Waals surface area contributed by atoms with Gasteiger partial charge in [0.1, 0.15) is 11.5 Å². The fourth-order valence-electron chi connectivity index (χ4n) is 2.36. The van der Waals surface area contributed by atoms with Crippen LogP contribution in [-0.2, 0) is 4.79 Å². The van der Waals surface area contributed by atoms with E-state index in [0.29, 0.717) is 37.2 Å². The number of furan rings is 1. The molecule has 0 atom stereocenters. The second-order valence-corrected chi connectivity index (χ2v) is 7.48. The zero-order valence-corrected chi connectivity index (χ0v) is 17.9. The molecule has 1 aromatic heterocycles. The number of hydrazone groups is 1. The smallest absolute Gasteiger partial charge is 0.259 e. The second-order valence-electron chi connectivity index (χ2n) is 5.78. The summed E-state index contributed by atoms with van der Waals surface area (Å²) in [4.78, 5) is 23.9. The van der Waals surface area contributed by atoms with E-state index < -0.39 is 5.91 Å². The SMILES string of the molecule is O=C(CNC(=O)c1ccccc1Br)NN=Cc1ccc(-c2cc(Cl)ccc2Cl)o1. The lowest BCUT2D eigenvalue weighted by Gasteiger charge is -2.05. The topological polar surface area (TPSA) is 83.7 Å². The van der Waals surface area contributed by atoms with Crippen LogP contribution in [0.1, 0.15) is 16.1 Å². The molecule has 0 spiro atoms. The van der Waals surface area contributed by atoms with Crippen molar-refractivity contribution in [1.29, 1.82) is 0 Å². The molecular formula is C20H14BrCl2N3O3. The maximum atomic E-state index is 12.1. The summed E-state index contributed by atoms with van der Waals surface area (Å²) in [5.41, 5.74) is 3.41. The molecule has 0 aliphatic heterocycles. The first kappa shape index (κ1) is 21.1. The van der Waals surface area contributed by atoms with Gasteiger partial charge in [-0.2, -0.15) is 5.10 Å². The Morgan fingerprint density at radius 2 is 1.90 bits per heavy atom. The molecule has 0 aliphatic carbocycles. The average Bonchev–Trinajstić information content (AvgIpc) is 3.17. The Morgan fingerprint density at radius 1 is 1.10 bits per heavy atom. The summed E-state index contributed by atoms with van der Waals surface area (Å²) >= 11 is 15.4. The molecule has 0 bridgehead atoms. The highest BCUT2D eigenvalue weighted by Gasteiger charge is 2.11. The molecule has 9 heteroatoms. The maximum absolute atomic E-state index is 12.1. The van der Waals surface area contributed by atoms with Crippen molar-refractivity contribution in [1.82, 2.24) is 10.7 Å². The van der Waals surface area contributed by atoms with Crippen molar-refractivity contribution in [2.24, 2.45) is 5.10 Å². The van der Waals surface area contributed by atoms with Gasteiger partial charge in [0, 0.05) is 15.1 Å². The van der Waals surface area contributed by atoms with Crippen molar-refractivity contribution >= 4 is 57.2 Å². The molecule has 0 aliphatic rings. The van der Waals surface area contributed by atoms with Crippen LogP contribution in [0.15, 0.2) is 68.6 Å². The molecular weight excluding hydrogens is 481 g/mol. The minimum Gasteiger partial charge on any atom is -0.455 e. The van der Waals surface area contributed by atoms with Crippen molar-refractivity contribution < 1.29 is 14.0 Å².